The molecular weight excluding hydrogens is 281 g/mol. The third-order valence-electron chi connectivity index (χ3n) is 3.03. The molecule has 1 nitrogen and oxygen atoms in total. The highest BCUT2D eigenvalue weighted by Gasteiger charge is 2.20. The molecule has 3 heteroatoms. The van der Waals surface area contributed by atoms with Gasteiger partial charge >= 0.3 is 0 Å². The van der Waals surface area contributed by atoms with Gasteiger partial charge < -0.3 is 5.32 Å². The van der Waals surface area contributed by atoms with Crippen molar-refractivity contribution < 1.29 is 4.39 Å². The topological polar surface area (TPSA) is 12.0 Å². The lowest BCUT2D eigenvalue weighted by Gasteiger charge is -2.26. The molecule has 0 heterocycles. The van der Waals surface area contributed by atoms with E-state index in [-0.39, 0.29) is 11.9 Å². The molecule has 0 aliphatic rings. The van der Waals surface area contributed by atoms with Gasteiger partial charge in [0.1, 0.15) is 5.82 Å². The molecule has 0 aliphatic heterocycles. The Kier molecular flexibility index (Phi) is 6.14. The smallest absolute Gasteiger partial charge is 0.123 e. The van der Waals surface area contributed by atoms with Crippen molar-refractivity contribution in [2.45, 2.75) is 39.7 Å². The second kappa shape index (κ2) is 7.12. The molecule has 0 saturated heterocycles. The highest BCUT2D eigenvalue weighted by Crippen LogP contribution is 2.31. The minimum Gasteiger partial charge on any atom is -0.310 e. The molecule has 0 bridgehead atoms. The summed E-state index contributed by atoms with van der Waals surface area (Å²) in [6.45, 7) is 7.37. The van der Waals surface area contributed by atoms with Gasteiger partial charge in [-0.3, -0.25) is 0 Å². The summed E-state index contributed by atoms with van der Waals surface area (Å²) in [4.78, 5) is 0. The second-order valence-electron chi connectivity index (χ2n) is 4.47. The van der Waals surface area contributed by atoms with Crippen molar-refractivity contribution in [3.8, 4) is 0 Å². The average molecular weight is 302 g/mol. The highest BCUT2D eigenvalue weighted by molar-refractivity contribution is 9.10. The van der Waals surface area contributed by atoms with E-state index in [2.05, 4.69) is 42.0 Å². The zero-order valence-corrected chi connectivity index (χ0v) is 12.3. The van der Waals surface area contributed by atoms with Crippen LogP contribution in [0.5, 0.6) is 0 Å². The molecule has 1 aromatic carbocycles. The van der Waals surface area contributed by atoms with Crippen molar-refractivity contribution in [1.82, 2.24) is 5.32 Å². The van der Waals surface area contributed by atoms with Gasteiger partial charge in [0.05, 0.1) is 0 Å². The fraction of sp³-hybridized carbons (Fsp3) is 0.571. The van der Waals surface area contributed by atoms with E-state index in [4.69, 9.17) is 0 Å². The van der Waals surface area contributed by atoms with Crippen LogP contribution in [0, 0.1) is 11.7 Å². The van der Waals surface area contributed by atoms with Crippen molar-refractivity contribution >= 4 is 15.9 Å². The first-order valence-electron chi connectivity index (χ1n) is 6.28. The number of rotatable bonds is 6. The lowest BCUT2D eigenvalue weighted by atomic mass is 9.91. The molecule has 96 valence electrons. The Labute approximate surface area is 112 Å². The van der Waals surface area contributed by atoms with E-state index in [1.807, 2.05) is 0 Å². The lowest BCUT2D eigenvalue weighted by molar-refractivity contribution is 0.367. The zero-order valence-electron chi connectivity index (χ0n) is 10.8. The molecule has 0 fully saturated rings. The Morgan fingerprint density at radius 3 is 2.65 bits per heavy atom. The summed E-state index contributed by atoms with van der Waals surface area (Å²) in [7, 11) is 0. The van der Waals surface area contributed by atoms with Gasteiger partial charge in [-0.15, -0.1) is 0 Å². The van der Waals surface area contributed by atoms with E-state index < -0.39 is 0 Å². The van der Waals surface area contributed by atoms with Crippen LogP contribution in [-0.4, -0.2) is 6.54 Å². The molecule has 0 radical (unpaired) electrons. The Hall–Kier alpha value is -0.410. The molecule has 2 atom stereocenters. The van der Waals surface area contributed by atoms with Crippen LogP contribution < -0.4 is 5.32 Å². The highest BCUT2D eigenvalue weighted by atomic mass is 79.9. The minimum atomic E-state index is -0.171. The predicted molar refractivity (Wildman–Crippen MR) is 74.6 cm³/mol. The standard InChI is InChI=1S/C14H21BrFN/c1-4-6-10(3)14(17-5-2)12-9-11(16)7-8-13(12)15/h7-10,14,17H,4-6H2,1-3H3. The molecule has 0 aliphatic carbocycles. The van der Waals surface area contributed by atoms with Crippen molar-refractivity contribution in [3.63, 3.8) is 0 Å². The maximum atomic E-state index is 13.3. The second-order valence-corrected chi connectivity index (χ2v) is 5.32. The summed E-state index contributed by atoms with van der Waals surface area (Å²) in [5, 5.41) is 3.45. The first-order valence-corrected chi connectivity index (χ1v) is 7.07. The lowest BCUT2D eigenvalue weighted by Crippen LogP contribution is -2.27. The molecular formula is C14H21BrFN. The molecule has 0 amide bonds. The summed E-state index contributed by atoms with van der Waals surface area (Å²) in [6, 6.07) is 5.11. The van der Waals surface area contributed by atoms with Gasteiger partial charge in [0, 0.05) is 10.5 Å². The molecule has 0 spiro atoms. The molecule has 0 aromatic heterocycles. The largest absolute Gasteiger partial charge is 0.310 e. The Bertz CT molecular complexity index is 354. The van der Waals surface area contributed by atoms with Crippen LogP contribution in [0.3, 0.4) is 0 Å². The average Bonchev–Trinajstić information content (AvgIpc) is 2.30. The first-order chi connectivity index (χ1) is 8.10. The Morgan fingerprint density at radius 1 is 1.35 bits per heavy atom. The van der Waals surface area contributed by atoms with Gasteiger partial charge in [-0.25, -0.2) is 4.39 Å². The maximum Gasteiger partial charge on any atom is 0.123 e. The van der Waals surface area contributed by atoms with Crippen LogP contribution in [-0.2, 0) is 0 Å². The summed E-state index contributed by atoms with van der Waals surface area (Å²) >= 11 is 3.51. The molecule has 2 unspecified atom stereocenters. The van der Waals surface area contributed by atoms with Gasteiger partial charge in [0.25, 0.3) is 0 Å². The maximum absolute atomic E-state index is 13.3. The van der Waals surface area contributed by atoms with E-state index in [9.17, 15) is 4.39 Å². The van der Waals surface area contributed by atoms with Crippen molar-refractivity contribution in [2.24, 2.45) is 5.92 Å². The summed E-state index contributed by atoms with van der Waals surface area (Å²) in [5.74, 6) is 0.327. The van der Waals surface area contributed by atoms with Crippen molar-refractivity contribution in [3.05, 3.63) is 34.1 Å². The molecule has 1 N–H and O–H groups in total. The van der Waals surface area contributed by atoms with E-state index >= 15 is 0 Å². The number of hydrogen-bond donors (Lipinski definition) is 1. The number of nitrogens with one attached hydrogen (secondary N) is 1. The monoisotopic (exact) mass is 301 g/mol. The fourth-order valence-electron chi connectivity index (χ4n) is 2.21. The fourth-order valence-corrected chi connectivity index (χ4v) is 2.71. The Morgan fingerprint density at radius 2 is 2.06 bits per heavy atom. The Balaban J connectivity index is 2.99. The van der Waals surface area contributed by atoms with Crippen LogP contribution in [0.1, 0.15) is 45.2 Å². The number of benzene rings is 1. The number of halogens is 2. The van der Waals surface area contributed by atoms with Crippen molar-refractivity contribution in [2.75, 3.05) is 6.54 Å². The van der Waals surface area contributed by atoms with Crippen LogP contribution in [0.15, 0.2) is 22.7 Å². The van der Waals surface area contributed by atoms with Gasteiger partial charge in [0.15, 0.2) is 0 Å². The third-order valence-corrected chi connectivity index (χ3v) is 3.75. The molecule has 1 aromatic rings. The predicted octanol–water partition coefficient (Wildman–Crippen LogP) is 4.68. The van der Waals surface area contributed by atoms with Crippen molar-refractivity contribution in [1.29, 1.82) is 0 Å². The van der Waals surface area contributed by atoms with Crippen LogP contribution in [0.2, 0.25) is 0 Å². The first kappa shape index (κ1) is 14.7. The normalized spacial score (nSPS) is 14.6. The summed E-state index contributed by atoms with van der Waals surface area (Å²) in [6.07, 6.45) is 2.29. The van der Waals surface area contributed by atoms with E-state index in [1.165, 1.54) is 6.07 Å². The quantitative estimate of drug-likeness (QED) is 0.805. The van der Waals surface area contributed by atoms with Gasteiger partial charge in [-0.1, -0.05) is 43.1 Å². The molecule has 1 rings (SSSR count). The van der Waals surface area contributed by atoms with Crippen LogP contribution >= 0.6 is 15.9 Å². The minimum absolute atomic E-state index is 0.171. The van der Waals surface area contributed by atoms with Crippen LogP contribution in [0.25, 0.3) is 0 Å². The molecule has 0 saturated carbocycles. The van der Waals surface area contributed by atoms with Gasteiger partial charge in [0.2, 0.25) is 0 Å². The summed E-state index contributed by atoms with van der Waals surface area (Å²) < 4.78 is 14.3. The zero-order chi connectivity index (χ0) is 12.8. The van der Waals surface area contributed by atoms with Gasteiger partial charge in [-0.05, 0) is 42.6 Å². The molecule has 17 heavy (non-hydrogen) atoms. The number of hydrogen-bond acceptors (Lipinski definition) is 1. The SMILES string of the molecule is CCCC(C)C(NCC)c1cc(F)ccc1Br. The summed E-state index contributed by atoms with van der Waals surface area (Å²) in [5.41, 5.74) is 1.02. The van der Waals surface area contributed by atoms with E-state index in [1.54, 1.807) is 12.1 Å². The van der Waals surface area contributed by atoms with E-state index in [0.717, 1.165) is 29.4 Å². The third kappa shape index (κ3) is 4.07. The van der Waals surface area contributed by atoms with Gasteiger partial charge in [-0.2, -0.15) is 0 Å². The van der Waals surface area contributed by atoms with E-state index in [0.29, 0.717) is 5.92 Å². The van der Waals surface area contributed by atoms with Crippen LogP contribution in [0.4, 0.5) is 4.39 Å².